The fourth-order valence-electron chi connectivity index (χ4n) is 1.80. The van der Waals surface area contributed by atoms with Gasteiger partial charge in [-0.2, -0.15) is 0 Å². The summed E-state index contributed by atoms with van der Waals surface area (Å²) in [5, 5.41) is 11.1. The summed E-state index contributed by atoms with van der Waals surface area (Å²) in [6, 6.07) is 8.91. The van der Waals surface area contributed by atoms with Gasteiger partial charge in [-0.1, -0.05) is 11.6 Å². The molecule has 0 aliphatic rings. The Balaban J connectivity index is 1.73. The number of amides is 1. The second-order valence-corrected chi connectivity index (χ2v) is 5.53. The van der Waals surface area contributed by atoms with Gasteiger partial charge >= 0.3 is 11.9 Å². The van der Waals surface area contributed by atoms with Gasteiger partial charge in [0.1, 0.15) is 17.3 Å². The number of hydrogen-bond donors (Lipinski definition) is 0. The normalized spacial score (nSPS) is 10.2. The summed E-state index contributed by atoms with van der Waals surface area (Å²) in [5.74, 6) is -1.74. The Kier molecular flexibility index (Phi) is 6.56. The van der Waals surface area contributed by atoms with E-state index in [1.165, 1.54) is 11.9 Å². The van der Waals surface area contributed by atoms with Crippen molar-refractivity contribution in [3.63, 3.8) is 0 Å². The van der Waals surface area contributed by atoms with E-state index in [2.05, 4.69) is 0 Å². The maximum absolute atomic E-state index is 11.9. The molecule has 0 aliphatic carbocycles. The van der Waals surface area contributed by atoms with Gasteiger partial charge in [-0.3, -0.25) is 14.9 Å². The maximum atomic E-state index is 11.9. The first-order chi connectivity index (χ1) is 12.4. The molecule has 0 bridgehead atoms. The van der Waals surface area contributed by atoms with E-state index >= 15 is 0 Å². The predicted octanol–water partition coefficient (Wildman–Crippen LogP) is 2.54. The molecule has 1 aromatic heterocycles. The van der Waals surface area contributed by atoms with Gasteiger partial charge in [-0.05, 0) is 30.3 Å². The standard InChI is InChI=1S/C16H15ClN2O7/c1-18(8-9-24-12-4-2-11(17)3-5-12)14(20)10-25-16(21)13-6-7-15(26-13)19(22)23/h2-7H,8-10H2,1H3. The first kappa shape index (κ1) is 19.3. The summed E-state index contributed by atoms with van der Waals surface area (Å²) in [6.07, 6.45) is 0. The molecule has 26 heavy (non-hydrogen) atoms. The predicted molar refractivity (Wildman–Crippen MR) is 90.2 cm³/mol. The number of benzene rings is 1. The van der Waals surface area contributed by atoms with Crippen LogP contribution in [-0.4, -0.2) is 48.5 Å². The summed E-state index contributed by atoms with van der Waals surface area (Å²) >= 11 is 5.77. The van der Waals surface area contributed by atoms with Crippen molar-refractivity contribution in [3.05, 3.63) is 57.3 Å². The SMILES string of the molecule is CN(CCOc1ccc(Cl)cc1)C(=O)COC(=O)c1ccc([N+](=O)[O-])o1. The highest BCUT2D eigenvalue weighted by Gasteiger charge is 2.20. The molecule has 2 aromatic rings. The van der Waals surface area contributed by atoms with Crippen molar-refractivity contribution in [1.82, 2.24) is 4.90 Å². The number of carbonyl (C=O) groups is 2. The fraction of sp³-hybridized carbons (Fsp3) is 0.250. The Morgan fingerprint density at radius 1 is 1.23 bits per heavy atom. The molecule has 9 nitrogen and oxygen atoms in total. The van der Waals surface area contributed by atoms with Crippen LogP contribution in [-0.2, 0) is 9.53 Å². The maximum Gasteiger partial charge on any atom is 0.433 e. The number of esters is 1. The summed E-state index contributed by atoms with van der Waals surface area (Å²) < 4.78 is 14.9. The summed E-state index contributed by atoms with van der Waals surface area (Å²) in [7, 11) is 1.53. The topological polar surface area (TPSA) is 112 Å². The van der Waals surface area contributed by atoms with Crippen LogP contribution in [0.1, 0.15) is 10.6 Å². The first-order valence-corrected chi connectivity index (χ1v) is 7.78. The number of hydrogen-bond acceptors (Lipinski definition) is 7. The minimum atomic E-state index is -0.961. The number of rotatable bonds is 8. The third kappa shape index (κ3) is 5.49. The van der Waals surface area contributed by atoms with E-state index in [4.69, 9.17) is 25.5 Å². The van der Waals surface area contributed by atoms with Crippen LogP contribution in [0.15, 0.2) is 40.8 Å². The fourth-order valence-corrected chi connectivity index (χ4v) is 1.93. The Morgan fingerprint density at radius 2 is 1.92 bits per heavy atom. The molecule has 0 fully saturated rings. The molecule has 0 N–H and O–H groups in total. The van der Waals surface area contributed by atoms with Crippen molar-refractivity contribution in [3.8, 4) is 5.75 Å². The molecule has 10 heteroatoms. The van der Waals surface area contributed by atoms with Crippen LogP contribution in [0, 0.1) is 10.1 Å². The third-order valence-corrected chi connectivity index (χ3v) is 3.49. The first-order valence-electron chi connectivity index (χ1n) is 7.40. The van der Waals surface area contributed by atoms with Crippen LogP contribution >= 0.6 is 11.6 Å². The zero-order valence-corrected chi connectivity index (χ0v) is 14.5. The Morgan fingerprint density at radius 3 is 2.54 bits per heavy atom. The Bertz CT molecular complexity index is 788. The van der Waals surface area contributed by atoms with Crippen molar-refractivity contribution in [2.45, 2.75) is 0 Å². The van der Waals surface area contributed by atoms with Gasteiger partial charge in [0.15, 0.2) is 6.61 Å². The average Bonchev–Trinajstić information content (AvgIpc) is 3.11. The molecular formula is C16H15ClN2O7. The zero-order valence-electron chi connectivity index (χ0n) is 13.7. The van der Waals surface area contributed by atoms with E-state index in [1.807, 2.05) is 0 Å². The van der Waals surface area contributed by atoms with Crippen molar-refractivity contribution < 1.29 is 28.4 Å². The molecule has 0 aliphatic heterocycles. The average molecular weight is 383 g/mol. The molecule has 1 aromatic carbocycles. The van der Waals surface area contributed by atoms with Gasteiger partial charge in [-0.15, -0.1) is 0 Å². The molecule has 1 amide bonds. The number of nitrogens with zero attached hydrogens (tertiary/aromatic N) is 2. The van der Waals surface area contributed by atoms with E-state index in [9.17, 15) is 19.7 Å². The van der Waals surface area contributed by atoms with Gasteiger partial charge in [0.05, 0.1) is 12.6 Å². The van der Waals surface area contributed by atoms with Crippen LogP contribution in [0.2, 0.25) is 5.02 Å². The monoisotopic (exact) mass is 382 g/mol. The van der Waals surface area contributed by atoms with Gasteiger partial charge in [0, 0.05) is 12.1 Å². The Hall–Kier alpha value is -3.07. The number of nitro groups is 1. The molecule has 0 unspecified atom stereocenters. The minimum absolute atomic E-state index is 0.238. The lowest BCUT2D eigenvalue weighted by Gasteiger charge is -2.17. The molecule has 0 atom stereocenters. The van der Waals surface area contributed by atoms with E-state index < -0.39 is 29.3 Å². The minimum Gasteiger partial charge on any atom is -0.492 e. The number of ether oxygens (including phenoxy) is 2. The lowest BCUT2D eigenvalue weighted by Crippen LogP contribution is -2.34. The van der Waals surface area contributed by atoms with Crippen LogP contribution in [0.3, 0.4) is 0 Å². The Labute approximate surface area is 153 Å². The van der Waals surface area contributed by atoms with Crippen molar-refractivity contribution in [2.24, 2.45) is 0 Å². The molecule has 0 saturated carbocycles. The number of furan rings is 1. The van der Waals surface area contributed by atoms with Crippen molar-refractivity contribution in [1.29, 1.82) is 0 Å². The number of likely N-dealkylation sites (N-methyl/N-ethyl adjacent to an activating group) is 1. The highest BCUT2D eigenvalue weighted by molar-refractivity contribution is 6.30. The van der Waals surface area contributed by atoms with Gasteiger partial charge in [0.25, 0.3) is 5.91 Å². The third-order valence-electron chi connectivity index (χ3n) is 3.23. The van der Waals surface area contributed by atoms with E-state index in [1.54, 1.807) is 24.3 Å². The zero-order chi connectivity index (χ0) is 19.1. The lowest BCUT2D eigenvalue weighted by atomic mass is 10.3. The molecule has 138 valence electrons. The number of halogens is 1. The van der Waals surface area contributed by atoms with E-state index in [0.29, 0.717) is 10.8 Å². The highest BCUT2D eigenvalue weighted by atomic mass is 35.5. The van der Waals surface area contributed by atoms with E-state index in [0.717, 1.165) is 12.1 Å². The summed E-state index contributed by atoms with van der Waals surface area (Å²) in [4.78, 5) is 34.6. The van der Waals surface area contributed by atoms with E-state index in [-0.39, 0.29) is 18.9 Å². The van der Waals surface area contributed by atoms with Gasteiger partial charge in [0.2, 0.25) is 5.76 Å². The molecular weight excluding hydrogens is 368 g/mol. The van der Waals surface area contributed by atoms with Crippen molar-refractivity contribution >= 4 is 29.4 Å². The second-order valence-electron chi connectivity index (χ2n) is 5.09. The molecule has 2 rings (SSSR count). The van der Waals surface area contributed by atoms with Gasteiger partial charge < -0.3 is 18.8 Å². The lowest BCUT2D eigenvalue weighted by molar-refractivity contribution is -0.402. The molecule has 1 heterocycles. The molecule has 0 saturated heterocycles. The summed E-state index contributed by atoms with van der Waals surface area (Å²) in [5.41, 5.74) is 0. The molecule has 0 spiro atoms. The quantitative estimate of drug-likeness (QED) is 0.391. The van der Waals surface area contributed by atoms with Gasteiger partial charge in [-0.25, -0.2) is 4.79 Å². The largest absolute Gasteiger partial charge is 0.492 e. The summed E-state index contributed by atoms with van der Waals surface area (Å²) in [6.45, 7) is -0.0157. The van der Waals surface area contributed by atoms with Crippen LogP contribution in [0.4, 0.5) is 5.88 Å². The highest BCUT2D eigenvalue weighted by Crippen LogP contribution is 2.16. The van der Waals surface area contributed by atoms with Crippen molar-refractivity contribution in [2.75, 3.05) is 26.8 Å². The van der Waals surface area contributed by atoms with Crippen LogP contribution in [0.5, 0.6) is 5.75 Å². The number of carbonyl (C=O) groups excluding carboxylic acids is 2. The molecule has 0 radical (unpaired) electrons. The second kappa shape index (κ2) is 8.86. The van der Waals surface area contributed by atoms with Crippen LogP contribution in [0.25, 0.3) is 0 Å². The smallest absolute Gasteiger partial charge is 0.433 e. The van der Waals surface area contributed by atoms with Crippen LogP contribution < -0.4 is 4.74 Å².